The topological polar surface area (TPSA) is 128 Å². The van der Waals surface area contributed by atoms with Gasteiger partial charge in [-0.15, -0.1) is 0 Å². The summed E-state index contributed by atoms with van der Waals surface area (Å²) in [7, 11) is 0. The average molecular weight is 333 g/mol. The van der Waals surface area contributed by atoms with Crippen LogP contribution in [-0.2, 0) is 14.4 Å². The van der Waals surface area contributed by atoms with Gasteiger partial charge in [-0.3, -0.25) is 9.59 Å². The molecule has 0 bridgehead atoms. The van der Waals surface area contributed by atoms with Crippen molar-refractivity contribution in [3.05, 3.63) is 0 Å². The number of thioether (sulfide) groups is 1. The summed E-state index contributed by atoms with van der Waals surface area (Å²) in [6.45, 7) is 0.0693. The fourth-order valence-corrected chi connectivity index (χ4v) is 2.61. The molecule has 2 amide bonds. The van der Waals surface area contributed by atoms with Crippen LogP contribution in [0.25, 0.3) is 0 Å². The molecule has 1 aliphatic rings. The molecule has 22 heavy (non-hydrogen) atoms. The minimum Gasteiger partial charge on any atom is -0.480 e. The maximum Gasteiger partial charge on any atom is 0.328 e. The highest BCUT2D eigenvalue weighted by Gasteiger charge is 2.29. The summed E-state index contributed by atoms with van der Waals surface area (Å²) in [5.74, 6) is -1.52. The smallest absolute Gasteiger partial charge is 0.328 e. The number of carbonyl (C=O) groups is 3. The Morgan fingerprint density at radius 1 is 1.32 bits per heavy atom. The van der Waals surface area contributed by atoms with E-state index >= 15 is 0 Å². The zero-order valence-electron chi connectivity index (χ0n) is 12.5. The number of aliphatic hydroxyl groups excluding tert-OH is 1. The van der Waals surface area contributed by atoms with Gasteiger partial charge in [-0.1, -0.05) is 0 Å². The summed E-state index contributed by atoms with van der Waals surface area (Å²) in [6, 6.07) is -2.49. The van der Waals surface area contributed by atoms with Crippen molar-refractivity contribution in [1.29, 1.82) is 0 Å². The lowest BCUT2D eigenvalue weighted by atomic mass is 10.1. The number of hydrogen-bond acceptors (Lipinski definition) is 6. The number of carbonyl (C=O) groups excluding carboxylic acids is 2. The van der Waals surface area contributed by atoms with Crippen molar-refractivity contribution in [1.82, 2.24) is 16.0 Å². The molecule has 5 N–H and O–H groups in total. The van der Waals surface area contributed by atoms with E-state index in [0.29, 0.717) is 12.2 Å². The van der Waals surface area contributed by atoms with Crippen LogP contribution in [0.4, 0.5) is 0 Å². The standard InChI is InChI=1S/C13H23N3O5S/c1-22-6-4-9(12(19)16-10(7-17)13(20)21)15-11(18)8-3-2-5-14-8/h8-10,14,17H,2-7H2,1H3,(H,15,18)(H,16,19)(H,20,21)/t8-,9-,10-/m0/s1. The molecule has 0 aliphatic carbocycles. The number of carboxylic acid groups (broad SMARTS) is 1. The monoisotopic (exact) mass is 333 g/mol. The van der Waals surface area contributed by atoms with Crippen LogP contribution in [0.3, 0.4) is 0 Å². The molecule has 1 fully saturated rings. The second kappa shape index (κ2) is 9.65. The van der Waals surface area contributed by atoms with Gasteiger partial charge < -0.3 is 26.2 Å². The Morgan fingerprint density at radius 2 is 2.05 bits per heavy atom. The molecule has 0 aromatic heterocycles. The average Bonchev–Trinajstić information content (AvgIpc) is 3.02. The zero-order chi connectivity index (χ0) is 16.5. The van der Waals surface area contributed by atoms with Crippen molar-refractivity contribution in [3.63, 3.8) is 0 Å². The Morgan fingerprint density at radius 3 is 2.55 bits per heavy atom. The van der Waals surface area contributed by atoms with E-state index in [2.05, 4.69) is 16.0 Å². The van der Waals surface area contributed by atoms with Gasteiger partial charge in [0.05, 0.1) is 12.6 Å². The third kappa shape index (κ3) is 5.82. The Balaban J connectivity index is 2.63. The first-order valence-corrected chi connectivity index (χ1v) is 8.55. The Kier molecular flexibility index (Phi) is 8.21. The van der Waals surface area contributed by atoms with E-state index in [0.717, 1.165) is 19.4 Å². The molecule has 0 aromatic carbocycles. The van der Waals surface area contributed by atoms with E-state index in [1.807, 2.05) is 6.26 Å². The third-order valence-electron chi connectivity index (χ3n) is 3.42. The van der Waals surface area contributed by atoms with Crippen LogP contribution < -0.4 is 16.0 Å². The van der Waals surface area contributed by atoms with Crippen LogP contribution in [0.5, 0.6) is 0 Å². The zero-order valence-corrected chi connectivity index (χ0v) is 13.3. The first kappa shape index (κ1) is 18.7. The first-order chi connectivity index (χ1) is 10.5. The third-order valence-corrected chi connectivity index (χ3v) is 4.06. The Bertz CT molecular complexity index is 401. The molecule has 0 radical (unpaired) electrons. The molecule has 3 atom stereocenters. The van der Waals surface area contributed by atoms with Crippen molar-refractivity contribution >= 4 is 29.5 Å². The molecule has 1 saturated heterocycles. The Hall–Kier alpha value is -1.32. The van der Waals surface area contributed by atoms with Gasteiger partial charge in [0.1, 0.15) is 12.1 Å². The lowest BCUT2D eigenvalue weighted by Gasteiger charge is -2.22. The fraction of sp³-hybridized carbons (Fsp3) is 0.769. The maximum atomic E-state index is 12.1. The van der Waals surface area contributed by atoms with Crippen molar-refractivity contribution < 1.29 is 24.6 Å². The molecule has 126 valence electrons. The van der Waals surface area contributed by atoms with Crippen LogP contribution in [0.1, 0.15) is 19.3 Å². The largest absolute Gasteiger partial charge is 0.480 e. The predicted molar refractivity (Wildman–Crippen MR) is 82.6 cm³/mol. The van der Waals surface area contributed by atoms with Crippen LogP contribution in [0, 0.1) is 0 Å². The van der Waals surface area contributed by atoms with Crippen LogP contribution in [-0.4, -0.2) is 71.3 Å². The molecule has 0 spiro atoms. The molecule has 1 heterocycles. The van der Waals surface area contributed by atoms with E-state index in [-0.39, 0.29) is 11.9 Å². The van der Waals surface area contributed by atoms with E-state index < -0.39 is 30.6 Å². The number of hydrogen-bond donors (Lipinski definition) is 5. The number of aliphatic carboxylic acids is 1. The van der Waals surface area contributed by atoms with Crippen molar-refractivity contribution in [2.75, 3.05) is 25.2 Å². The maximum absolute atomic E-state index is 12.1. The van der Waals surface area contributed by atoms with E-state index in [9.17, 15) is 14.4 Å². The molecule has 1 aliphatic heterocycles. The molecule has 8 nitrogen and oxygen atoms in total. The summed E-state index contributed by atoms with van der Waals surface area (Å²) in [6.07, 6.45) is 3.90. The number of amides is 2. The summed E-state index contributed by atoms with van der Waals surface area (Å²) in [5.41, 5.74) is 0. The van der Waals surface area contributed by atoms with Crippen LogP contribution in [0.2, 0.25) is 0 Å². The first-order valence-electron chi connectivity index (χ1n) is 7.16. The normalized spacial score (nSPS) is 20.2. The van der Waals surface area contributed by atoms with Crippen molar-refractivity contribution in [2.24, 2.45) is 0 Å². The summed E-state index contributed by atoms with van der Waals surface area (Å²) < 4.78 is 0. The molecular weight excluding hydrogens is 310 g/mol. The number of nitrogens with one attached hydrogen (secondary N) is 3. The molecule has 0 saturated carbocycles. The van der Waals surface area contributed by atoms with Crippen molar-refractivity contribution in [3.8, 4) is 0 Å². The molecular formula is C13H23N3O5S. The Labute approximate surface area is 133 Å². The summed E-state index contributed by atoms with van der Waals surface area (Å²) in [5, 5.41) is 25.8. The van der Waals surface area contributed by atoms with E-state index in [4.69, 9.17) is 10.2 Å². The van der Waals surface area contributed by atoms with Crippen molar-refractivity contribution in [2.45, 2.75) is 37.4 Å². The summed E-state index contributed by atoms with van der Waals surface area (Å²) >= 11 is 1.53. The fourth-order valence-electron chi connectivity index (χ4n) is 2.14. The SMILES string of the molecule is CSCC[C@H](NC(=O)[C@@H]1CCCN1)C(=O)N[C@@H](CO)C(=O)O. The molecule has 0 unspecified atom stereocenters. The second-order valence-electron chi connectivity index (χ2n) is 5.07. The van der Waals surface area contributed by atoms with Gasteiger partial charge in [0.15, 0.2) is 0 Å². The summed E-state index contributed by atoms with van der Waals surface area (Å²) in [4.78, 5) is 35.1. The van der Waals surface area contributed by atoms with Crippen LogP contribution >= 0.6 is 11.8 Å². The van der Waals surface area contributed by atoms with Gasteiger partial charge in [-0.05, 0) is 37.8 Å². The highest BCUT2D eigenvalue weighted by Crippen LogP contribution is 2.07. The van der Waals surface area contributed by atoms with Gasteiger partial charge >= 0.3 is 5.97 Å². The number of carboxylic acids is 1. The molecule has 1 rings (SSSR count). The second-order valence-corrected chi connectivity index (χ2v) is 6.06. The number of aliphatic hydroxyl groups is 1. The number of rotatable bonds is 9. The highest BCUT2D eigenvalue weighted by atomic mass is 32.2. The van der Waals surface area contributed by atoms with Crippen LogP contribution in [0.15, 0.2) is 0 Å². The minimum absolute atomic E-state index is 0.255. The quantitative estimate of drug-likeness (QED) is 0.349. The lowest BCUT2D eigenvalue weighted by Crippen LogP contribution is -2.55. The van der Waals surface area contributed by atoms with E-state index in [1.54, 1.807) is 0 Å². The van der Waals surface area contributed by atoms with Gasteiger partial charge in [0, 0.05) is 0 Å². The molecule has 0 aromatic rings. The van der Waals surface area contributed by atoms with Gasteiger partial charge in [-0.2, -0.15) is 11.8 Å². The minimum atomic E-state index is -1.37. The predicted octanol–water partition coefficient (Wildman–Crippen LogP) is -1.46. The van der Waals surface area contributed by atoms with Gasteiger partial charge in [0.2, 0.25) is 11.8 Å². The van der Waals surface area contributed by atoms with Gasteiger partial charge in [0.25, 0.3) is 0 Å². The van der Waals surface area contributed by atoms with E-state index in [1.165, 1.54) is 11.8 Å². The molecule has 9 heteroatoms. The lowest BCUT2D eigenvalue weighted by molar-refractivity contribution is -0.143. The van der Waals surface area contributed by atoms with Gasteiger partial charge in [-0.25, -0.2) is 4.79 Å². The highest BCUT2D eigenvalue weighted by molar-refractivity contribution is 7.98.